The summed E-state index contributed by atoms with van der Waals surface area (Å²) in [6, 6.07) is 10.2. The SMILES string of the molecule is O=C(COc1ccccc1C=C1C(=O)NC(=O)NC1=O)Nc1ccc(Cl)c(Cl)c1. The van der Waals surface area contributed by atoms with Crippen molar-refractivity contribution in [1.82, 2.24) is 10.6 Å². The normalized spacial score (nSPS) is 13.4. The highest BCUT2D eigenvalue weighted by atomic mass is 35.5. The standard InChI is InChI=1S/C19H13Cl2N3O5/c20-13-6-5-11(8-14(13)21)22-16(25)9-29-15-4-2-1-3-10(15)7-12-17(26)23-19(28)24-18(12)27/h1-8H,9H2,(H,22,25)(H2,23,24,26,27,28). The van der Waals surface area contributed by atoms with Gasteiger partial charge in [-0.1, -0.05) is 41.4 Å². The summed E-state index contributed by atoms with van der Waals surface area (Å²) in [7, 11) is 0. The molecule has 8 nitrogen and oxygen atoms in total. The second-order valence-electron chi connectivity index (χ2n) is 5.80. The lowest BCUT2D eigenvalue weighted by Crippen LogP contribution is -2.51. The molecule has 29 heavy (non-hydrogen) atoms. The van der Waals surface area contributed by atoms with Gasteiger partial charge < -0.3 is 10.1 Å². The summed E-state index contributed by atoms with van der Waals surface area (Å²) in [6.45, 7) is -0.336. The van der Waals surface area contributed by atoms with Crippen molar-refractivity contribution in [3.8, 4) is 5.75 Å². The van der Waals surface area contributed by atoms with E-state index in [0.717, 1.165) is 0 Å². The molecule has 148 valence electrons. The summed E-state index contributed by atoms with van der Waals surface area (Å²) in [4.78, 5) is 47.0. The van der Waals surface area contributed by atoms with Gasteiger partial charge in [0.05, 0.1) is 10.0 Å². The van der Waals surface area contributed by atoms with Crippen molar-refractivity contribution in [2.24, 2.45) is 0 Å². The van der Waals surface area contributed by atoms with Crippen LogP contribution in [-0.2, 0) is 14.4 Å². The van der Waals surface area contributed by atoms with Crippen LogP contribution in [0.4, 0.5) is 10.5 Å². The lowest BCUT2D eigenvalue weighted by atomic mass is 10.1. The predicted octanol–water partition coefficient (Wildman–Crippen LogP) is 2.76. The first-order chi connectivity index (χ1) is 13.8. The van der Waals surface area contributed by atoms with Crippen LogP contribution in [-0.4, -0.2) is 30.4 Å². The quantitative estimate of drug-likeness (QED) is 0.495. The number of anilines is 1. The van der Waals surface area contributed by atoms with Gasteiger partial charge in [0.2, 0.25) is 0 Å². The molecule has 0 bridgehead atoms. The summed E-state index contributed by atoms with van der Waals surface area (Å²) in [6.07, 6.45) is 1.27. The van der Waals surface area contributed by atoms with Crippen LogP contribution in [0, 0.1) is 0 Å². The molecule has 0 aliphatic carbocycles. The van der Waals surface area contributed by atoms with E-state index < -0.39 is 23.8 Å². The molecule has 0 atom stereocenters. The monoisotopic (exact) mass is 433 g/mol. The fourth-order valence-electron chi connectivity index (χ4n) is 2.41. The van der Waals surface area contributed by atoms with Crippen LogP contribution >= 0.6 is 23.2 Å². The van der Waals surface area contributed by atoms with Gasteiger partial charge in [0, 0.05) is 11.3 Å². The number of para-hydroxylation sites is 1. The van der Waals surface area contributed by atoms with Gasteiger partial charge in [0.1, 0.15) is 11.3 Å². The van der Waals surface area contributed by atoms with Crippen molar-refractivity contribution < 1.29 is 23.9 Å². The Labute approximate surface area is 174 Å². The molecule has 1 saturated heterocycles. The third-order valence-corrected chi connectivity index (χ3v) is 4.46. The maximum absolute atomic E-state index is 12.1. The first kappa shape index (κ1) is 20.4. The highest BCUT2D eigenvalue weighted by Crippen LogP contribution is 2.25. The predicted molar refractivity (Wildman–Crippen MR) is 107 cm³/mol. The van der Waals surface area contributed by atoms with E-state index in [0.29, 0.717) is 21.3 Å². The van der Waals surface area contributed by atoms with E-state index in [9.17, 15) is 19.2 Å². The highest BCUT2D eigenvalue weighted by molar-refractivity contribution is 6.42. The molecule has 1 aliphatic rings. The van der Waals surface area contributed by atoms with Crippen LogP contribution in [0.3, 0.4) is 0 Å². The van der Waals surface area contributed by atoms with Crippen LogP contribution in [0.25, 0.3) is 6.08 Å². The lowest BCUT2D eigenvalue weighted by molar-refractivity contribution is -0.124. The Bertz CT molecular complexity index is 1030. The van der Waals surface area contributed by atoms with Crippen molar-refractivity contribution in [2.75, 3.05) is 11.9 Å². The number of benzene rings is 2. The number of halogens is 2. The second kappa shape index (κ2) is 8.76. The Balaban J connectivity index is 1.71. The summed E-state index contributed by atoms with van der Waals surface area (Å²) >= 11 is 11.7. The number of imide groups is 2. The van der Waals surface area contributed by atoms with Crippen LogP contribution in [0.15, 0.2) is 48.0 Å². The number of ether oxygens (including phenoxy) is 1. The molecule has 0 spiro atoms. The molecule has 1 fully saturated rings. The van der Waals surface area contributed by atoms with Gasteiger partial charge in [-0.2, -0.15) is 0 Å². The summed E-state index contributed by atoms with van der Waals surface area (Å²) < 4.78 is 5.51. The number of rotatable bonds is 5. The smallest absolute Gasteiger partial charge is 0.328 e. The zero-order valence-electron chi connectivity index (χ0n) is 14.6. The lowest BCUT2D eigenvalue weighted by Gasteiger charge is -2.15. The van der Waals surface area contributed by atoms with E-state index in [1.165, 1.54) is 12.1 Å². The molecule has 10 heteroatoms. The first-order valence-corrected chi connectivity index (χ1v) is 8.94. The maximum Gasteiger partial charge on any atom is 0.328 e. The molecule has 3 rings (SSSR count). The number of barbiturate groups is 1. The molecule has 1 heterocycles. The van der Waals surface area contributed by atoms with Gasteiger partial charge >= 0.3 is 6.03 Å². The average molecular weight is 434 g/mol. The number of amides is 5. The molecule has 2 aromatic rings. The minimum Gasteiger partial charge on any atom is -0.483 e. The van der Waals surface area contributed by atoms with Crippen molar-refractivity contribution in [2.45, 2.75) is 0 Å². The van der Waals surface area contributed by atoms with Crippen molar-refractivity contribution in [1.29, 1.82) is 0 Å². The molecule has 0 saturated carbocycles. The van der Waals surface area contributed by atoms with E-state index in [2.05, 4.69) is 5.32 Å². The number of nitrogens with one attached hydrogen (secondary N) is 3. The number of hydrogen-bond acceptors (Lipinski definition) is 5. The van der Waals surface area contributed by atoms with Crippen molar-refractivity contribution >= 4 is 58.7 Å². The fraction of sp³-hybridized carbons (Fsp3) is 0.0526. The number of carbonyl (C=O) groups excluding carboxylic acids is 4. The largest absolute Gasteiger partial charge is 0.483 e. The van der Waals surface area contributed by atoms with E-state index in [1.807, 2.05) is 10.6 Å². The third kappa shape index (κ3) is 5.13. The summed E-state index contributed by atoms with van der Waals surface area (Å²) in [5.74, 6) is -1.84. The summed E-state index contributed by atoms with van der Waals surface area (Å²) in [5.41, 5.74) is 0.564. The topological polar surface area (TPSA) is 114 Å². The fourth-order valence-corrected chi connectivity index (χ4v) is 2.71. The molecule has 0 unspecified atom stereocenters. The minimum atomic E-state index is -0.888. The number of carbonyl (C=O) groups is 4. The van der Waals surface area contributed by atoms with Crippen LogP contribution in [0.2, 0.25) is 10.0 Å². The molecule has 2 aromatic carbocycles. The van der Waals surface area contributed by atoms with Crippen LogP contribution in [0.1, 0.15) is 5.56 Å². The van der Waals surface area contributed by atoms with E-state index in [4.69, 9.17) is 27.9 Å². The zero-order chi connectivity index (χ0) is 21.0. The zero-order valence-corrected chi connectivity index (χ0v) is 16.1. The number of hydrogen-bond donors (Lipinski definition) is 3. The Morgan fingerprint density at radius 2 is 1.69 bits per heavy atom. The van der Waals surface area contributed by atoms with Crippen LogP contribution < -0.4 is 20.7 Å². The third-order valence-electron chi connectivity index (χ3n) is 3.72. The Hall–Kier alpha value is -3.36. The molecule has 3 N–H and O–H groups in total. The molecule has 0 radical (unpaired) electrons. The van der Waals surface area contributed by atoms with Gasteiger partial charge in [0.25, 0.3) is 17.7 Å². The second-order valence-corrected chi connectivity index (χ2v) is 6.61. The first-order valence-electron chi connectivity index (χ1n) is 8.18. The van der Waals surface area contributed by atoms with Gasteiger partial charge in [-0.25, -0.2) is 4.79 Å². The Morgan fingerprint density at radius 3 is 2.38 bits per heavy atom. The van der Waals surface area contributed by atoms with Gasteiger partial charge in [-0.3, -0.25) is 25.0 Å². The van der Waals surface area contributed by atoms with Gasteiger partial charge in [-0.05, 0) is 30.3 Å². The maximum atomic E-state index is 12.1. The minimum absolute atomic E-state index is 0.263. The molecule has 0 aromatic heterocycles. The molecular formula is C19H13Cl2N3O5. The molecule has 1 aliphatic heterocycles. The Morgan fingerprint density at radius 1 is 1.00 bits per heavy atom. The molecular weight excluding hydrogens is 421 g/mol. The van der Waals surface area contributed by atoms with Crippen molar-refractivity contribution in [3.05, 3.63) is 63.6 Å². The average Bonchev–Trinajstić information content (AvgIpc) is 2.66. The van der Waals surface area contributed by atoms with E-state index in [1.54, 1.807) is 36.4 Å². The van der Waals surface area contributed by atoms with E-state index >= 15 is 0 Å². The van der Waals surface area contributed by atoms with E-state index in [-0.39, 0.29) is 17.9 Å². The van der Waals surface area contributed by atoms with Crippen molar-refractivity contribution in [3.63, 3.8) is 0 Å². The highest BCUT2D eigenvalue weighted by Gasteiger charge is 2.28. The summed E-state index contributed by atoms with van der Waals surface area (Å²) in [5, 5.41) is 7.23. The number of urea groups is 1. The van der Waals surface area contributed by atoms with Crippen LogP contribution in [0.5, 0.6) is 5.75 Å². The van der Waals surface area contributed by atoms with Gasteiger partial charge in [0.15, 0.2) is 6.61 Å². The molecule has 5 amide bonds. The Kier molecular flexibility index (Phi) is 6.16. The van der Waals surface area contributed by atoms with Gasteiger partial charge in [-0.15, -0.1) is 0 Å².